The summed E-state index contributed by atoms with van der Waals surface area (Å²) in [6, 6.07) is 0. The molecule has 8 heteroatoms. The Morgan fingerprint density at radius 1 is 0.750 bits per heavy atom. The van der Waals surface area contributed by atoms with Crippen molar-refractivity contribution in [3.05, 3.63) is 0 Å². The van der Waals surface area contributed by atoms with E-state index in [1.807, 2.05) is 0 Å². The molecule has 0 rings (SSSR count). The van der Waals surface area contributed by atoms with Crippen molar-refractivity contribution in [2.75, 3.05) is 0 Å². The third-order valence-corrected chi connectivity index (χ3v) is 6.75. The maximum absolute atomic E-state index is 4.52. The van der Waals surface area contributed by atoms with Crippen molar-refractivity contribution in [1.29, 1.82) is 0 Å². The molecule has 0 atom stereocenters. The molecule has 0 N–H and O–H groups in total. The van der Waals surface area contributed by atoms with Gasteiger partial charge in [-0.05, 0) is 19.7 Å². The molecular weight excluding hydrogens is 363 g/mol. The summed E-state index contributed by atoms with van der Waals surface area (Å²) in [4.78, 5) is 0. The number of hydrogen-bond donors (Lipinski definition) is 0. The molecule has 0 aliphatic heterocycles. The Hall–Kier alpha value is 5.71. The molecule has 0 aromatic heterocycles. The zero-order valence-corrected chi connectivity index (χ0v) is 19.2. The van der Waals surface area contributed by atoms with Crippen LogP contribution >= 0.6 is 39.3 Å². The van der Waals surface area contributed by atoms with Crippen molar-refractivity contribution < 1.29 is 116 Å². The van der Waals surface area contributed by atoms with E-state index < -0.39 is 0 Å². The Labute approximate surface area is 173 Å². The van der Waals surface area contributed by atoms with E-state index in [2.05, 4.69) is 23.3 Å². The van der Waals surface area contributed by atoms with Crippen LogP contribution in [0.15, 0.2) is 0 Å². The first-order valence-electron chi connectivity index (χ1n) is 0.833. The van der Waals surface area contributed by atoms with Gasteiger partial charge >= 0.3 is 116 Å². The first kappa shape index (κ1) is 19.3. The van der Waals surface area contributed by atoms with Gasteiger partial charge in [0.15, 0.2) is 0 Å². The van der Waals surface area contributed by atoms with Gasteiger partial charge in [-0.15, -0.1) is 0 Å². The van der Waals surface area contributed by atoms with Gasteiger partial charge in [-0.25, -0.2) is 0 Å². The van der Waals surface area contributed by atoms with Crippen LogP contribution < -0.4 is 116 Å². The van der Waals surface area contributed by atoms with E-state index >= 15 is 0 Å². The van der Waals surface area contributed by atoms with E-state index in [-0.39, 0.29) is 116 Å². The molecule has 0 saturated carbocycles. The van der Waals surface area contributed by atoms with Crippen LogP contribution in [-0.2, 0) is 23.3 Å². The predicted molar refractivity (Wildman–Crippen MR) is 45.1 cm³/mol. The van der Waals surface area contributed by atoms with E-state index in [9.17, 15) is 0 Å². The molecule has 8 heavy (non-hydrogen) atoms. The standard InChI is InChI=1S/2Rb.H2S6/c;;1-3-5-6-4-2/h;;1-2H/q2*+1;/p-2. The summed E-state index contributed by atoms with van der Waals surface area (Å²) < 4.78 is 0. The Kier molecular flexibility index (Phi) is 44.6. The van der Waals surface area contributed by atoms with Gasteiger partial charge in [-0.2, -0.15) is 0 Å². The van der Waals surface area contributed by atoms with Gasteiger partial charge in [0, 0.05) is 0 Å². The quantitative estimate of drug-likeness (QED) is 0.289. The van der Waals surface area contributed by atoms with Crippen molar-refractivity contribution in [3.63, 3.8) is 0 Å². The van der Waals surface area contributed by atoms with Gasteiger partial charge < -0.3 is 23.3 Å². The maximum Gasteiger partial charge on any atom is 1.00 e. The monoisotopic (exact) mass is 362 g/mol. The summed E-state index contributed by atoms with van der Waals surface area (Å²) in [7, 11) is 5.63. The smallest absolute Gasteiger partial charge is 0.706 e. The third kappa shape index (κ3) is 17.7. The van der Waals surface area contributed by atoms with Crippen molar-refractivity contribution in [3.8, 4) is 0 Å². The molecule has 0 aliphatic carbocycles. The molecular formula is Rb2S6. The average molecular weight is 363 g/mol. The van der Waals surface area contributed by atoms with Crippen molar-refractivity contribution >= 4 is 62.6 Å². The minimum Gasteiger partial charge on any atom is -0.706 e. The van der Waals surface area contributed by atoms with Crippen LogP contribution in [0.4, 0.5) is 0 Å². The molecule has 0 unspecified atom stereocenters. The predicted octanol–water partition coefficient (Wildman–Crippen LogP) is -3.40. The third-order valence-electron chi connectivity index (χ3n) is 0.0833. The van der Waals surface area contributed by atoms with Crippen molar-refractivity contribution in [1.82, 2.24) is 0 Å². The summed E-state index contributed by atoms with van der Waals surface area (Å²) in [6.07, 6.45) is 0. The van der Waals surface area contributed by atoms with Gasteiger partial charge in [-0.1, -0.05) is 0 Å². The second kappa shape index (κ2) is 18.5. The molecule has 0 amide bonds. The van der Waals surface area contributed by atoms with E-state index in [1.165, 1.54) is 39.3 Å². The van der Waals surface area contributed by atoms with Gasteiger partial charge in [0.25, 0.3) is 0 Å². The Balaban J connectivity index is -0.000000125. The minimum absolute atomic E-state index is 0. The van der Waals surface area contributed by atoms with E-state index in [0.29, 0.717) is 0 Å². The van der Waals surface area contributed by atoms with Crippen LogP contribution in [0.25, 0.3) is 0 Å². The van der Waals surface area contributed by atoms with Crippen LogP contribution in [0.2, 0.25) is 0 Å². The Morgan fingerprint density at radius 3 is 1.12 bits per heavy atom. The van der Waals surface area contributed by atoms with Crippen molar-refractivity contribution in [2.45, 2.75) is 0 Å². The largest absolute Gasteiger partial charge is 1.00 e. The average Bonchev–Trinajstić information content (AvgIpc) is 1.61. The SMILES string of the molecule is [Rb+].[Rb+].[S-]SSSS[S-]. The normalized spacial score (nSPS) is 6.75. The van der Waals surface area contributed by atoms with E-state index in [4.69, 9.17) is 0 Å². The minimum atomic E-state index is 0. The van der Waals surface area contributed by atoms with E-state index in [0.717, 1.165) is 0 Å². The summed E-state index contributed by atoms with van der Waals surface area (Å²) in [5.41, 5.74) is 0. The fourth-order valence-electron chi connectivity index (χ4n) is 0.0227. The van der Waals surface area contributed by atoms with Gasteiger partial charge in [0.05, 0.1) is 0 Å². The van der Waals surface area contributed by atoms with Gasteiger partial charge in [0.1, 0.15) is 0 Å². The summed E-state index contributed by atoms with van der Waals surface area (Å²) in [5, 5.41) is 0. The van der Waals surface area contributed by atoms with Crippen LogP contribution in [0, 0.1) is 0 Å². The zero-order valence-electron chi connectivity index (χ0n) is 4.45. The molecule has 0 spiro atoms. The van der Waals surface area contributed by atoms with Crippen molar-refractivity contribution in [2.24, 2.45) is 0 Å². The molecule has 0 bridgehead atoms. The molecule has 0 nitrogen and oxygen atoms in total. The Morgan fingerprint density at radius 2 is 1.00 bits per heavy atom. The van der Waals surface area contributed by atoms with Crippen LogP contribution in [0.1, 0.15) is 0 Å². The molecule has 0 aromatic rings. The number of hydrogen-bond acceptors (Lipinski definition) is 6. The van der Waals surface area contributed by atoms with Crippen LogP contribution in [-0.4, -0.2) is 0 Å². The molecule has 0 aliphatic rings. The van der Waals surface area contributed by atoms with Crippen LogP contribution in [0.3, 0.4) is 0 Å². The summed E-state index contributed by atoms with van der Waals surface area (Å²) in [5.74, 6) is 0. The molecule has 0 radical (unpaired) electrons. The summed E-state index contributed by atoms with van der Waals surface area (Å²) in [6.45, 7) is 0. The van der Waals surface area contributed by atoms with Gasteiger partial charge in [0.2, 0.25) is 0 Å². The molecule has 0 heterocycles. The zero-order chi connectivity index (χ0) is 4.83. The first-order chi connectivity index (χ1) is 2.91. The maximum atomic E-state index is 4.52. The molecule has 0 aromatic carbocycles. The summed E-state index contributed by atoms with van der Waals surface area (Å²) >= 11 is 9.03. The molecule has 38 valence electrons. The second-order valence-corrected chi connectivity index (χ2v) is 7.35. The molecule has 0 saturated heterocycles. The van der Waals surface area contributed by atoms with Gasteiger partial charge in [-0.3, -0.25) is 19.7 Å². The number of rotatable bonds is 3. The van der Waals surface area contributed by atoms with Crippen LogP contribution in [0.5, 0.6) is 0 Å². The Bertz CT molecular complexity index is 18.5. The fourth-order valence-corrected chi connectivity index (χ4v) is 5.51. The fraction of sp³-hybridized carbons (Fsp3) is 0. The molecule has 0 fully saturated rings. The van der Waals surface area contributed by atoms with E-state index in [1.54, 1.807) is 0 Å². The topological polar surface area (TPSA) is 0 Å². The first-order valence-corrected chi connectivity index (χ1v) is 7.50. The second-order valence-electron chi connectivity index (χ2n) is 0.272.